The molecule has 5 rings (SSSR count). The summed E-state index contributed by atoms with van der Waals surface area (Å²) in [4.78, 5) is 39.4. The Hall–Kier alpha value is -3.85. The van der Waals surface area contributed by atoms with Crippen molar-refractivity contribution >= 4 is 33.1 Å². The molecule has 33 heavy (non-hydrogen) atoms. The van der Waals surface area contributed by atoms with Gasteiger partial charge in [-0.1, -0.05) is 6.07 Å². The van der Waals surface area contributed by atoms with Crippen LogP contribution in [-0.2, 0) is 11.3 Å². The molecule has 1 amide bonds. The summed E-state index contributed by atoms with van der Waals surface area (Å²) in [6.07, 6.45) is 0. The number of fused-ring (bicyclic) bond motifs is 2. The summed E-state index contributed by atoms with van der Waals surface area (Å²) in [5, 5.41) is 4.54. The first-order chi connectivity index (χ1) is 15.9. The lowest BCUT2D eigenvalue weighted by molar-refractivity contribution is -0.116. The van der Waals surface area contributed by atoms with Crippen LogP contribution >= 0.6 is 11.3 Å². The number of benzene rings is 2. The number of aromatic nitrogens is 2. The fraction of sp³-hybridized carbons (Fsp3) is 0.208. The van der Waals surface area contributed by atoms with Crippen LogP contribution in [0.4, 0.5) is 5.69 Å². The highest BCUT2D eigenvalue weighted by atomic mass is 32.1. The van der Waals surface area contributed by atoms with Crippen molar-refractivity contribution in [2.45, 2.75) is 20.4 Å². The molecule has 2 aromatic carbocycles. The van der Waals surface area contributed by atoms with Gasteiger partial charge in [0, 0.05) is 11.8 Å². The summed E-state index contributed by atoms with van der Waals surface area (Å²) in [5.41, 5.74) is 2.37. The third-order valence-electron chi connectivity index (χ3n) is 5.35. The molecule has 4 aromatic rings. The van der Waals surface area contributed by atoms with Gasteiger partial charge in [0.25, 0.3) is 5.56 Å². The Bertz CT molecular complexity index is 1490. The molecule has 1 aliphatic heterocycles. The minimum atomic E-state index is -0.562. The molecular weight excluding hydrogens is 442 g/mol. The topological polar surface area (TPSA) is 91.6 Å². The fourth-order valence-corrected chi connectivity index (χ4v) is 4.84. The zero-order valence-corrected chi connectivity index (χ0v) is 18.9. The maximum absolute atomic E-state index is 13.4. The van der Waals surface area contributed by atoms with Gasteiger partial charge in [-0.25, -0.2) is 9.36 Å². The monoisotopic (exact) mass is 463 g/mol. The lowest BCUT2D eigenvalue weighted by atomic mass is 10.1. The summed E-state index contributed by atoms with van der Waals surface area (Å²) in [6, 6.07) is 12.4. The van der Waals surface area contributed by atoms with Crippen molar-refractivity contribution in [3.05, 3.63) is 79.8 Å². The van der Waals surface area contributed by atoms with Crippen LogP contribution in [0.15, 0.2) is 57.4 Å². The number of carbonyl (C=O) groups is 1. The van der Waals surface area contributed by atoms with Crippen molar-refractivity contribution in [1.82, 2.24) is 9.13 Å². The highest BCUT2D eigenvalue weighted by Crippen LogP contribution is 2.32. The van der Waals surface area contributed by atoms with Gasteiger partial charge >= 0.3 is 5.69 Å². The number of rotatable bonds is 4. The Morgan fingerprint density at radius 1 is 1.00 bits per heavy atom. The predicted molar refractivity (Wildman–Crippen MR) is 127 cm³/mol. The van der Waals surface area contributed by atoms with Crippen molar-refractivity contribution < 1.29 is 14.3 Å². The molecule has 9 heteroatoms. The molecule has 0 bridgehead atoms. The van der Waals surface area contributed by atoms with E-state index in [0.717, 1.165) is 15.7 Å². The quantitative estimate of drug-likeness (QED) is 0.502. The Kier molecular flexibility index (Phi) is 5.26. The van der Waals surface area contributed by atoms with E-state index < -0.39 is 17.2 Å². The summed E-state index contributed by atoms with van der Waals surface area (Å²) in [7, 11) is 0. The smallest absolute Gasteiger partial charge is 0.336 e. The van der Waals surface area contributed by atoms with Crippen molar-refractivity contribution in [2.24, 2.45) is 0 Å². The number of ether oxygens (including phenoxy) is 2. The summed E-state index contributed by atoms with van der Waals surface area (Å²) < 4.78 is 13.9. The first-order valence-electron chi connectivity index (χ1n) is 10.4. The Morgan fingerprint density at radius 3 is 2.48 bits per heavy atom. The zero-order chi connectivity index (χ0) is 23.1. The van der Waals surface area contributed by atoms with Crippen molar-refractivity contribution in [1.29, 1.82) is 0 Å². The molecule has 168 valence electrons. The molecule has 1 aliphatic rings. The van der Waals surface area contributed by atoms with E-state index >= 15 is 0 Å². The molecule has 0 saturated heterocycles. The number of hydrogen-bond donors (Lipinski definition) is 1. The first-order valence-corrected chi connectivity index (χ1v) is 11.3. The molecule has 0 radical (unpaired) electrons. The Balaban J connectivity index is 1.53. The first kappa shape index (κ1) is 21.0. The number of nitrogens with one attached hydrogen (secondary N) is 1. The van der Waals surface area contributed by atoms with Gasteiger partial charge < -0.3 is 14.8 Å². The number of thiophene rings is 1. The normalized spacial score (nSPS) is 12.7. The molecule has 0 unspecified atom stereocenters. The Labute approximate surface area is 192 Å². The van der Waals surface area contributed by atoms with Gasteiger partial charge in [0.15, 0.2) is 11.5 Å². The largest absolute Gasteiger partial charge is 0.486 e. The third-order valence-corrected chi connectivity index (χ3v) is 6.24. The van der Waals surface area contributed by atoms with Crippen LogP contribution in [-0.4, -0.2) is 28.3 Å². The number of nitrogens with zero attached hydrogens (tertiary/aromatic N) is 2. The van der Waals surface area contributed by atoms with Crippen LogP contribution in [0.5, 0.6) is 11.5 Å². The lowest BCUT2D eigenvalue weighted by Crippen LogP contribution is -2.40. The number of hydrogen-bond acceptors (Lipinski definition) is 6. The van der Waals surface area contributed by atoms with E-state index in [2.05, 4.69) is 5.32 Å². The average Bonchev–Trinajstić information content (AvgIpc) is 3.26. The summed E-state index contributed by atoms with van der Waals surface area (Å²) >= 11 is 1.25. The SMILES string of the molecule is Cc1cc(C)cc(-n2c(=O)c3sccc3n(CC(=O)Nc3ccc4c(c3)OCCO4)c2=O)c1. The van der Waals surface area contributed by atoms with Gasteiger partial charge in [0.05, 0.1) is 11.2 Å². The molecular formula is C24H21N3O5S. The van der Waals surface area contributed by atoms with Gasteiger partial charge in [-0.15, -0.1) is 11.3 Å². The van der Waals surface area contributed by atoms with Crippen molar-refractivity contribution in [3.8, 4) is 17.2 Å². The molecule has 3 heterocycles. The van der Waals surface area contributed by atoms with Crippen molar-refractivity contribution in [3.63, 3.8) is 0 Å². The van der Waals surface area contributed by atoms with Gasteiger partial charge in [0.2, 0.25) is 5.91 Å². The molecule has 0 saturated carbocycles. The second kappa shape index (κ2) is 8.25. The second-order valence-corrected chi connectivity index (χ2v) is 8.81. The maximum atomic E-state index is 13.4. The van der Waals surface area contributed by atoms with Gasteiger partial charge in [0.1, 0.15) is 24.5 Å². The van der Waals surface area contributed by atoms with Crippen LogP contribution in [0.1, 0.15) is 11.1 Å². The lowest BCUT2D eigenvalue weighted by Gasteiger charge is -2.19. The molecule has 0 spiro atoms. The molecule has 0 fully saturated rings. The predicted octanol–water partition coefficient (Wildman–Crippen LogP) is 3.24. The third kappa shape index (κ3) is 3.91. The zero-order valence-electron chi connectivity index (χ0n) is 18.1. The van der Waals surface area contributed by atoms with E-state index in [1.165, 1.54) is 15.9 Å². The van der Waals surface area contributed by atoms with Gasteiger partial charge in [-0.05, 0) is 60.7 Å². The van der Waals surface area contributed by atoms with E-state index in [9.17, 15) is 14.4 Å². The Morgan fingerprint density at radius 2 is 1.73 bits per heavy atom. The highest BCUT2D eigenvalue weighted by Gasteiger charge is 2.19. The molecule has 0 atom stereocenters. The van der Waals surface area contributed by atoms with E-state index in [0.29, 0.717) is 46.3 Å². The van der Waals surface area contributed by atoms with Crippen LogP contribution in [0.2, 0.25) is 0 Å². The van der Waals surface area contributed by atoms with Crippen LogP contribution in [0, 0.1) is 13.8 Å². The molecule has 2 aromatic heterocycles. The average molecular weight is 464 g/mol. The molecule has 8 nitrogen and oxygen atoms in total. The highest BCUT2D eigenvalue weighted by molar-refractivity contribution is 7.17. The van der Waals surface area contributed by atoms with E-state index in [1.54, 1.807) is 41.8 Å². The number of aryl methyl sites for hydroxylation is 2. The molecule has 1 N–H and O–H groups in total. The van der Waals surface area contributed by atoms with Crippen LogP contribution in [0.25, 0.3) is 15.9 Å². The summed E-state index contributed by atoms with van der Waals surface area (Å²) in [6.45, 7) is 4.49. The van der Waals surface area contributed by atoms with Gasteiger partial charge in [-0.2, -0.15) is 0 Å². The van der Waals surface area contributed by atoms with Crippen LogP contribution < -0.4 is 26.0 Å². The van der Waals surface area contributed by atoms with E-state index in [4.69, 9.17) is 9.47 Å². The minimum Gasteiger partial charge on any atom is -0.486 e. The standard InChI is InChI=1S/C24H21N3O5S/c1-14-9-15(2)11-17(10-14)27-23(29)22-18(5-8-33-22)26(24(27)30)13-21(28)25-16-3-4-19-20(12-16)32-7-6-31-19/h3-5,8-12H,6-7,13H2,1-2H3,(H,25,28). The van der Waals surface area contributed by atoms with E-state index in [1.807, 2.05) is 19.9 Å². The number of amides is 1. The number of carbonyl (C=O) groups excluding carboxylic acids is 1. The maximum Gasteiger partial charge on any atom is 0.336 e. The van der Waals surface area contributed by atoms with Gasteiger partial charge in [-0.3, -0.25) is 14.2 Å². The summed E-state index contributed by atoms with van der Waals surface area (Å²) in [5.74, 6) is 0.780. The number of anilines is 1. The van der Waals surface area contributed by atoms with E-state index in [-0.39, 0.29) is 6.54 Å². The molecule has 0 aliphatic carbocycles. The van der Waals surface area contributed by atoms with Crippen molar-refractivity contribution in [2.75, 3.05) is 18.5 Å². The fourth-order valence-electron chi connectivity index (χ4n) is 4.01. The minimum absolute atomic E-state index is 0.244. The van der Waals surface area contributed by atoms with Crippen LogP contribution in [0.3, 0.4) is 0 Å². The second-order valence-electron chi connectivity index (χ2n) is 7.90.